The fourth-order valence-corrected chi connectivity index (χ4v) is 2.27. The Bertz CT molecular complexity index is 306. The fourth-order valence-electron chi connectivity index (χ4n) is 2.27. The zero-order valence-electron chi connectivity index (χ0n) is 11.7. The smallest absolute Gasteiger partial charge is 0.108 e. The molecule has 3 nitrogen and oxygen atoms in total. The van der Waals surface area contributed by atoms with Crippen LogP contribution in [0.25, 0.3) is 0 Å². The second-order valence-electron chi connectivity index (χ2n) is 4.94. The third-order valence-corrected chi connectivity index (χ3v) is 3.53. The molecule has 1 aromatic heterocycles. The molecule has 3 heteroatoms. The quantitative estimate of drug-likeness (QED) is 0.753. The van der Waals surface area contributed by atoms with E-state index in [1.165, 1.54) is 25.1 Å². The molecular weight excluding hydrogens is 210 g/mol. The molecule has 0 aliphatic heterocycles. The second-order valence-corrected chi connectivity index (χ2v) is 4.94. The van der Waals surface area contributed by atoms with Crippen LogP contribution in [0.3, 0.4) is 0 Å². The van der Waals surface area contributed by atoms with Crippen molar-refractivity contribution in [2.75, 3.05) is 6.54 Å². The average molecular weight is 237 g/mol. The summed E-state index contributed by atoms with van der Waals surface area (Å²) in [4.78, 5) is 4.38. The van der Waals surface area contributed by atoms with Crippen molar-refractivity contribution in [3.05, 3.63) is 18.2 Å². The lowest BCUT2D eigenvalue weighted by Crippen LogP contribution is -2.35. The van der Waals surface area contributed by atoms with Gasteiger partial charge in [0.05, 0.1) is 0 Å². The molecule has 1 N–H and O–H groups in total. The van der Waals surface area contributed by atoms with Crippen LogP contribution >= 0.6 is 0 Å². The van der Waals surface area contributed by atoms with Gasteiger partial charge in [-0.25, -0.2) is 4.98 Å². The molecule has 98 valence electrons. The van der Waals surface area contributed by atoms with Crippen LogP contribution in [0.1, 0.15) is 45.9 Å². The fraction of sp³-hybridized carbons (Fsp3) is 0.786. The van der Waals surface area contributed by atoms with Gasteiger partial charge in [-0.05, 0) is 31.7 Å². The lowest BCUT2D eigenvalue weighted by atomic mass is 9.94. The largest absolute Gasteiger partial charge is 0.338 e. The Morgan fingerprint density at radius 2 is 2.18 bits per heavy atom. The molecular formula is C14H27N3. The third kappa shape index (κ3) is 4.50. The maximum Gasteiger partial charge on any atom is 0.108 e. The summed E-state index contributed by atoms with van der Waals surface area (Å²) in [7, 11) is 2.07. The molecule has 0 saturated heterocycles. The monoisotopic (exact) mass is 237 g/mol. The molecule has 0 radical (unpaired) electrons. The normalized spacial score (nSPS) is 14.8. The Hall–Kier alpha value is -0.830. The molecule has 0 saturated carbocycles. The van der Waals surface area contributed by atoms with E-state index in [1.807, 2.05) is 12.4 Å². The molecule has 0 spiro atoms. The van der Waals surface area contributed by atoms with Gasteiger partial charge in [0.25, 0.3) is 0 Å². The van der Waals surface area contributed by atoms with Crippen molar-refractivity contribution in [2.45, 2.75) is 52.5 Å². The van der Waals surface area contributed by atoms with Crippen LogP contribution in [-0.2, 0) is 13.5 Å². The minimum atomic E-state index is 0.648. The lowest BCUT2D eigenvalue weighted by molar-refractivity contribution is 0.346. The molecule has 17 heavy (non-hydrogen) atoms. The zero-order valence-corrected chi connectivity index (χ0v) is 11.7. The highest BCUT2D eigenvalue weighted by Gasteiger charge is 2.15. The van der Waals surface area contributed by atoms with Gasteiger partial charge in [-0.3, -0.25) is 0 Å². The van der Waals surface area contributed by atoms with Crippen molar-refractivity contribution in [3.8, 4) is 0 Å². The van der Waals surface area contributed by atoms with E-state index in [-0.39, 0.29) is 0 Å². The van der Waals surface area contributed by atoms with E-state index in [9.17, 15) is 0 Å². The molecule has 2 atom stereocenters. The van der Waals surface area contributed by atoms with Gasteiger partial charge in [-0.15, -0.1) is 0 Å². The Morgan fingerprint density at radius 3 is 2.71 bits per heavy atom. The maximum absolute atomic E-state index is 4.38. The van der Waals surface area contributed by atoms with Crippen LogP contribution in [-0.4, -0.2) is 22.1 Å². The zero-order chi connectivity index (χ0) is 12.7. The first-order valence-corrected chi connectivity index (χ1v) is 6.88. The Kier molecular flexibility index (Phi) is 6.27. The number of nitrogens with one attached hydrogen (secondary N) is 1. The van der Waals surface area contributed by atoms with Crippen LogP contribution in [0.15, 0.2) is 12.4 Å². The molecule has 0 bridgehead atoms. The Morgan fingerprint density at radius 1 is 1.41 bits per heavy atom. The summed E-state index contributed by atoms with van der Waals surface area (Å²) >= 11 is 0. The van der Waals surface area contributed by atoms with Crippen molar-refractivity contribution < 1.29 is 0 Å². The van der Waals surface area contributed by atoms with Gasteiger partial charge in [-0.1, -0.05) is 20.8 Å². The van der Waals surface area contributed by atoms with E-state index >= 15 is 0 Å². The first-order chi connectivity index (χ1) is 8.19. The van der Waals surface area contributed by atoms with Crippen LogP contribution in [0.4, 0.5) is 0 Å². The van der Waals surface area contributed by atoms with Crippen molar-refractivity contribution in [1.82, 2.24) is 14.9 Å². The van der Waals surface area contributed by atoms with Crippen molar-refractivity contribution in [2.24, 2.45) is 13.0 Å². The molecule has 0 aliphatic carbocycles. The Balaban J connectivity index is 2.36. The number of imidazole rings is 1. The number of rotatable bonds is 8. The van der Waals surface area contributed by atoms with E-state index in [0.717, 1.165) is 13.0 Å². The second kappa shape index (κ2) is 7.49. The summed E-state index contributed by atoms with van der Waals surface area (Å²) in [6.07, 6.45) is 8.61. The molecule has 0 amide bonds. The highest BCUT2D eigenvalue weighted by molar-refractivity contribution is 4.91. The van der Waals surface area contributed by atoms with Gasteiger partial charge in [0.1, 0.15) is 5.82 Å². The third-order valence-electron chi connectivity index (χ3n) is 3.53. The molecule has 0 aromatic carbocycles. The maximum atomic E-state index is 4.38. The highest BCUT2D eigenvalue weighted by atomic mass is 15.0. The van der Waals surface area contributed by atoms with E-state index in [2.05, 4.69) is 42.7 Å². The molecule has 1 rings (SSSR count). The number of nitrogens with zero attached hydrogens (tertiary/aromatic N) is 2. The van der Waals surface area contributed by atoms with E-state index in [4.69, 9.17) is 0 Å². The van der Waals surface area contributed by atoms with Gasteiger partial charge in [-0.2, -0.15) is 0 Å². The van der Waals surface area contributed by atoms with Crippen LogP contribution in [0.5, 0.6) is 0 Å². The number of hydrogen-bond donors (Lipinski definition) is 1. The minimum absolute atomic E-state index is 0.648. The molecule has 1 heterocycles. The lowest BCUT2D eigenvalue weighted by Gasteiger charge is -2.23. The average Bonchev–Trinajstić information content (AvgIpc) is 2.73. The van der Waals surface area contributed by atoms with Crippen LogP contribution in [0, 0.1) is 5.92 Å². The summed E-state index contributed by atoms with van der Waals surface area (Å²) in [6, 6.07) is 0.648. The number of aryl methyl sites for hydroxylation is 2. The van der Waals surface area contributed by atoms with E-state index in [1.54, 1.807) is 0 Å². The van der Waals surface area contributed by atoms with Crippen LogP contribution in [0.2, 0.25) is 0 Å². The van der Waals surface area contributed by atoms with Crippen LogP contribution < -0.4 is 5.32 Å². The predicted octanol–water partition coefficient (Wildman–Crippen LogP) is 2.77. The van der Waals surface area contributed by atoms with Crippen molar-refractivity contribution >= 4 is 0 Å². The van der Waals surface area contributed by atoms with Gasteiger partial charge in [0, 0.05) is 31.9 Å². The van der Waals surface area contributed by atoms with Gasteiger partial charge in [0.2, 0.25) is 0 Å². The SMILES string of the molecule is CCCNC(CC)C(C)CCc1nccn1C. The first kappa shape index (κ1) is 14.2. The predicted molar refractivity (Wildman–Crippen MR) is 73.1 cm³/mol. The Labute approximate surface area is 106 Å². The molecule has 2 unspecified atom stereocenters. The first-order valence-electron chi connectivity index (χ1n) is 6.88. The summed E-state index contributed by atoms with van der Waals surface area (Å²) in [5, 5.41) is 3.64. The van der Waals surface area contributed by atoms with E-state index < -0.39 is 0 Å². The van der Waals surface area contributed by atoms with Crippen molar-refractivity contribution in [1.29, 1.82) is 0 Å². The van der Waals surface area contributed by atoms with Gasteiger partial charge in [0.15, 0.2) is 0 Å². The molecule has 0 fully saturated rings. The summed E-state index contributed by atoms with van der Waals surface area (Å²) in [5.41, 5.74) is 0. The van der Waals surface area contributed by atoms with Gasteiger partial charge < -0.3 is 9.88 Å². The molecule has 0 aliphatic rings. The number of aromatic nitrogens is 2. The highest BCUT2D eigenvalue weighted by Crippen LogP contribution is 2.14. The minimum Gasteiger partial charge on any atom is -0.338 e. The summed E-state index contributed by atoms with van der Waals surface area (Å²) in [5.74, 6) is 1.91. The van der Waals surface area contributed by atoms with Gasteiger partial charge >= 0.3 is 0 Å². The van der Waals surface area contributed by atoms with Crippen molar-refractivity contribution in [3.63, 3.8) is 0 Å². The molecule has 1 aromatic rings. The topological polar surface area (TPSA) is 29.9 Å². The summed E-state index contributed by atoms with van der Waals surface area (Å²) < 4.78 is 2.12. The standard InChI is InChI=1S/C14H27N3/c1-5-9-15-13(6-2)12(3)7-8-14-16-10-11-17(14)4/h10-13,15H,5-9H2,1-4H3. The number of hydrogen-bond acceptors (Lipinski definition) is 2. The summed E-state index contributed by atoms with van der Waals surface area (Å²) in [6.45, 7) is 7.97. The van der Waals surface area contributed by atoms with E-state index in [0.29, 0.717) is 12.0 Å².